The molecule has 0 aliphatic rings. The number of thioether (sulfide) groups is 1. The first-order valence-electron chi connectivity index (χ1n) is 8.38. The minimum Gasteiger partial charge on any atom is -0.352 e. The third-order valence-corrected chi connectivity index (χ3v) is 5.67. The van der Waals surface area contributed by atoms with Crippen LogP contribution in [0.2, 0.25) is 0 Å². The van der Waals surface area contributed by atoms with Gasteiger partial charge in [-0.25, -0.2) is 9.78 Å². The summed E-state index contributed by atoms with van der Waals surface area (Å²) in [6.45, 7) is 0. The molecule has 1 heterocycles. The molecule has 0 saturated heterocycles. The molecule has 8 heteroatoms. The molecule has 0 saturated carbocycles. The van der Waals surface area contributed by atoms with E-state index in [9.17, 15) is 9.59 Å². The maximum Gasteiger partial charge on any atom is 0.312 e. The molecular formula is C19H20N4O2S2. The fourth-order valence-corrected chi connectivity index (χ4v) is 4.04. The van der Waals surface area contributed by atoms with Gasteiger partial charge in [0, 0.05) is 11.3 Å². The van der Waals surface area contributed by atoms with E-state index < -0.39 is 12.1 Å². The van der Waals surface area contributed by atoms with E-state index in [1.807, 2.05) is 54.8 Å². The van der Waals surface area contributed by atoms with Crippen molar-refractivity contribution >= 4 is 50.9 Å². The van der Waals surface area contributed by atoms with Gasteiger partial charge in [0.25, 0.3) is 0 Å². The number of rotatable bonds is 7. The first-order chi connectivity index (χ1) is 13.1. The number of primary amides is 1. The summed E-state index contributed by atoms with van der Waals surface area (Å²) in [4.78, 5) is 28.2. The number of para-hydroxylation sites is 1. The van der Waals surface area contributed by atoms with Crippen LogP contribution in [0.1, 0.15) is 6.42 Å². The fraction of sp³-hybridized carbons (Fsp3) is 0.211. The Kier molecular flexibility index (Phi) is 6.31. The monoisotopic (exact) mass is 400 g/mol. The Bertz CT molecular complexity index is 907. The topological polar surface area (TPSA) is 97.1 Å². The Hall–Kier alpha value is -2.58. The molecule has 0 spiro atoms. The molecule has 3 aromatic rings. The van der Waals surface area contributed by atoms with E-state index in [2.05, 4.69) is 15.6 Å². The van der Waals surface area contributed by atoms with Crippen molar-refractivity contribution in [3.05, 3.63) is 48.5 Å². The summed E-state index contributed by atoms with van der Waals surface area (Å²) < 4.78 is 1.14. The highest BCUT2D eigenvalue weighted by molar-refractivity contribution is 7.98. The lowest BCUT2D eigenvalue weighted by Crippen LogP contribution is -2.46. The number of fused-ring (bicyclic) bond motifs is 1. The minimum atomic E-state index is -0.706. The predicted molar refractivity (Wildman–Crippen MR) is 113 cm³/mol. The SMILES string of the molecule is CSCCC(NC(N)=O)C(=O)Nc1ccc(-c2nc3ccccc3s2)cc1. The number of anilines is 1. The minimum absolute atomic E-state index is 0.282. The van der Waals surface area contributed by atoms with Crippen LogP contribution in [0.5, 0.6) is 0 Å². The number of nitrogens with two attached hydrogens (primary N) is 1. The van der Waals surface area contributed by atoms with E-state index in [0.29, 0.717) is 12.1 Å². The predicted octanol–water partition coefficient (Wildman–Crippen LogP) is 3.69. The zero-order valence-electron chi connectivity index (χ0n) is 14.8. The maximum absolute atomic E-state index is 12.4. The third kappa shape index (κ3) is 4.99. The lowest BCUT2D eigenvalue weighted by Gasteiger charge is -2.17. The molecule has 6 nitrogen and oxygen atoms in total. The number of nitrogens with one attached hydrogen (secondary N) is 2. The second-order valence-electron chi connectivity index (χ2n) is 5.90. The van der Waals surface area contributed by atoms with Gasteiger partial charge in [-0.2, -0.15) is 11.8 Å². The molecule has 0 aliphatic carbocycles. The fourth-order valence-electron chi connectivity index (χ4n) is 2.60. The van der Waals surface area contributed by atoms with Crippen LogP contribution >= 0.6 is 23.1 Å². The van der Waals surface area contributed by atoms with Crippen molar-refractivity contribution in [2.24, 2.45) is 5.73 Å². The van der Waals surface area contributed by atoms with E-state index in [1.54, 1.807) is 23.1 Å². The quantitative estimate of drug-likeness (QED) is 0.563. The van der Waals surface area contributed by atoms with Crippen LogP contribution in [0, 0.1) is 0 Å². The van der Waals surface area contributed by atoms with Crippen molar-refractivity contribution < 1.29 is 9.59 Å². The van der Waals surface area contributed by atoms with Gasteiger partial charge in [0.05, 0.1) is 10.2 Å². The van der Waals surface area contributed by atoms with E-state index in [4.69, 9.17) is 5.73 Å². The number of urea groups is 1. The van der Waals surface area contributed by atoms with Gasteiger partial charge in [0.2, 0.25) is 5.91 Å². The number of thiazole rings is 1. The molecule has 3 amide bonds. The molecule has 4 N–H and O–H groups in total. The van der Waals surface area contributed by atoms with Gasteiger partial charge in [-0.15, -0.1) is 11.3 Å². The molecule has 3 rings (SSSR count). The molecular weight excluding hydrogens is 380 g/mol. The number of carbonyl (C=O) groups excluding carboxylic acids is 2. The van der Waals surface area contributed by atoms with Crippen molar-refractivity contribution in [2.75, 3.05) is 17.3 Å². The standard InChI is InChI=1S/C19H20N4O2S2/c1-26-11-10-15(23-19(20)25)17(24)21-13-8-6-12(7-9-13)18-22-14-4-2-3-5-16(14)27-18/h2-9,15H,10-11H2,1H3,(H,21,24)(H3,20,23,25). The number of hydrogen-bond donors (Lipinski definition) is 3. The molecule has 0 aliphatic heterocycles. The second kappa shape index (κ2) is 8.88. The van der Waals surface area contributed by atoms with Gasteiger partial charge in [0.15, 0.2) is 0 Å². The van der Waals surface area contributed by atoms with E-state index in [0.717, 1.165) is 26.5 Å². The molecule has 27 heavy (non-hydrogen) atoms. The van der Waals surface area contributed by atoms with Crippen LogP contribution in [0.4, 0.5) is 10.5 Å². The zero-order chi connectivity index (χ0) is 19.2. The van der Waals surface area contributed by atoms with Gasteiger partial charge in [-0.05, 0) is 54.8 Å². The normalized spacial score (nSPS) is 11.9. The number of carbonyl (C=O) groups is 2. The molecule has 0 bridgehead atoms. The molecule has 140 valence electrons. The first-order valence-corrected chi connectivity index (χ1v) is 10.6. The highest BCUT2D eigenvalue weighted by atomic mass is 32.2. The van der Waals surface area contributed by atoms with Crippen LogP contribution in [-0.4, -0.2) is 35.0 Å². The Morgan fingerprint density at radius 2 is 1.93 bits per heavy atom. The smallest absolute Gasteiger partial charge is 0.312 e. The van der Waals surface area contributed by atoms with E-state index >= 15 is 0 Å². The number of nitrogens with zero attached hydrogens (tertiary/aromatic N) is 1. The maximum atomic E-state index is 12.4. The molecule has 0 radical (unpaired) electrons. The lowest BCUT2D eigenvalue weighted by molar-refractivity contribution is -0.117. The van der Waals surface area contributed by atoms with Crippen LogP contribution in [0.15, 0.2) is 48.5 Å². The Balaban J connectivity index is 1.70. The van der Waals surface area contributed by atoms with Gasteiger partial charge < -0.3 is 16.4 Å². The molecule has 1 unspecified atom stereocenters. The molecule has 0 fully saturated rings. The summed E-state index contributed by atoms with van der Waals surface area (Å²) in [5.41, 5.74) is 7.79. The summed E-state index contributed by atoms with van der Waals surface area (Å²) in [6, 6.07) is 14.1. The van der Waals surface area contributed by atoms with Crippen molar-refractivity contribution in [2.45, 2.75) is 12.5 Å². The Labute approximate surface area is 165 Å². The van der Waals surface area contributed by atoms with Gasteiger partial charge >= 0.3 is 6.03 Å². The Morgan fingerprint density at radius 3 is 2.59 bits per heavy atom. The van der Waals surface area contributed by atoms with Gasteiger partial charge in [0.1, 0.15) is 11.0 Å². The van der Waals surface area contributed by atoms with Crippen LogP contribution in [-0.2, 0) is 4.79 Å². The summed E-state index contributed by atoms with van der Waals surface area (Å²) in [7, 11) is 0. The Morgan fingerprint density at radius 1 is 1.19 bits per heavy atom. The summed E-state index contributed by atoms with van der Waals surface area (Å²) in [5, 5.41) is 6.25. The summed E-state index contributed by atoms with van der Waals surface area (Å²) >= 11 is 3.23. The van der Waals surface area contributed by atoms with Crippen LogP contribution in [0.25, 0.3) is 20.8 Å². The van der Waals surface area contributed by atoms with Crippen molar-refractivity contribution in [3.8, 4) is 10.6 Å². The highest BCUT2D eigenvalue weighted by Crippen LogP contribution is 2.30. The van der Waals surface area contributed by atoms with Crippen LogP contribution in [0.3, 0.4) is 0 Å². The molecule has 2 aromatic carbocycles. The van der Waals surface area contributed by atoms with E-state index in [1.165, 1.54) is 0 Å². The average molecular weight is 401 g/mol. The molecule has 1 atom stereocenters. The third-order valence-electron chi connectivity index (χ3n) is 3.94. The van der Waals surface area contributed by atoms with Crippen LogP contribution < -0.4 is 16.4 Å². The van der Waals surface area contributed by atoms with E-state index in [-0.39, 0.29) is 5.91 Å². The van der Waals surface area contributed by atoms with Gasteiger partial charge in [-0.1, -0.05) is 12.1 Å². The number of amides is 3. The van der Waals surface area contributed by atoms with Crippen molar-refractivity contribution in [3.63, 3.8) is 0 Å². The average Bonchev–Trinajstić information content (AvgIpc) is 3.09. The number of aromatic nitrogens is 1. The van der Waals surface area contributed by atoms with Crippen molar-refractivity contribution in [1.82, 2.24) is 10.3 Å². The van der Waals surface area contributed by atoms with Crippen molar-refractivity contribution in [1.29, 1.82) is 0 Å². The largest absolute Gasteiger partial charge is 0.352 e. The summed E-state index contributed by atoms with van der Waals surface area (Å²) in [5.74, 6) is 0.463. The highest BCUT2D eigenvalue weighted by Gasteiger charge is 2.19. The number of benzene rings is 2. The zero-order valence-corrected chi connectivity index (χ0v) is 16.4. The first kappa shape index (κ1) is 19.2. The summed E-state index contributed by atoms with van der Waals surface area (Å²) in [6.07, 6.45) is 2.46. The molecule has 1 aromatic heterocycles. The number of hydrogen-bond acceptors (Lipinski definition) is 5. The second-order valence-corrected chi connectivity index (χ2v) is 7.91. The van der Waals surface area contributed by atoms with Gasteiger partial charge in [-0.3, -0.25) is 4.79 Å². The lowest BCUT2D eigenvalue weighted by atomic mass is 10.2.